The minimum Gasteiger partial charge on any atom is -0.439 e. The molecule has 0 fully saturated rings. The molecule has 0 amide bonds. The number of fused-ring (bicyclic) bond motifs is 2. The van der Waals surface area contributed by atoms with Gasteiger partial charge in [0.2, 0.25) is 5.90 Å². The fraction of sp³-hybridized carbons (Fsp3) is 0.167. The summed E-state index contributed by atoms with van der Waals surface area (Å²) in [7, 11) is 0. The Morgan fingerprint density at radius 2 is 2.13 bits per heavy atom. The normalized spacial score (nSPS) is 18.3. The predicted octanol–water partition coefficient (Wildman–Crippen LogP) is 1.53. The van der Waals surface area contributed by atoms with E-state index in [-0.39, 0.29) is 12.3 Å². The van der Waals surface area contributed by atoms with Gasteiger partial charge in [-0.15, -0.1) is 0 Å². The lowest BCUT2D eigenvalue weighted by atomic mass is 9.99. The minimum atomic E-state index is 0.0525. The molecule has 2 heterocycles. The molecule has 0 radical (unpaired) electrons. The SMILES string of the molecule is O=C1C=C2Cc3ccccc3OC2=NC1. The summed E-state index contributed by atoms with van der Waals surface area (Å²) in [4.78, 5) is 15.3. The summed E-state index contributed by atoms with van der Waals surface area (Å²) in [6.07, 6.45) is 2.37. The second-order valence-electron chi connectivity index (χ2n) is 3.64. The van der Waals surface area contributed by atoms with E-state index in [2.05, 4.69) is 4.99 Å². The average Bonchev–Trinajstić information content (AvgIpc) is 2.26. The van der Waals surface area contributed by atoms with E-state index in [1.807, 2.05) is 24.3 Å². The highest BCUT2D eigenvalue weighted by atomic mass is 16.5. The van der Waals surface area contributed by atoms with Crippen LogP contribution in [-0.4, -0.2) is 18.2 Å². The molecule has 3 heteroatoms. The standard InChI is InChI=1S/C12H9NO2/c14-10-6-9-5-8-3-1-2-4-11(8)15-12(9)13-7-10/h1-4,6H,5,7H2. The Labute approximate surface area is 87.1 Å². The molecule has 0 aromatic heterocycles. The van der Waals surface area contributed by atoms with Gasteiger partial charge in [-0.25, -0.2) is 4.99 Å². The van der Waals surface area contributed by atoms with Crippen LogP contribution in [-0.2, 0) is 11.2 Å². The minimum absolute atomic E-state index is 0.0525. The van der Waals surface area contributed by atoms with E-state index in [0.29, 0.717) is 5.90 Å². The molecule has 0 atom stereocenters. The molecular formula is C12H9NO2. The van der Waals surface area contributed by atoms with Crippen molar-refractivity contribution in [1.29, 1.82) is 0 Å². The Morgan fingerprint density at radius 3 is 3.07 bits per heavy atom. The molecule has 15 heavy (non-hydrogen) atoms. The van der Waals surface area contributed by atoms with E-state index in [9.17, 15) is 4.79 Å². The van der Waals surface area contributed by atoms with Crippen molar-refractivity contribution in [3.05, 3.63) is 41.5 Å². The van der Waals surface area contributed by atoms with Gasteiger partial charge in [-0.1, -0.05) is 18.2 Å². The molecule has 0 unspecified atom stereocenters. The van der Waals surface area contributed by atoms with Crippen molar-refractivity contribution < 1.29 is 9.53 Å². The van der Waals surface area contributed by atoms with Gasteiger partial charge in [0.1, 0.15) is 12.3 Å². The van der Waals surface area contributed by atoms with Crippen molar-refractivity contribution in [2.24, 2.45) is 4.99 Å². The van der Waals surface area contributed by atoms with E-state index < -0.39 is 0 Å². The first-order valence-corrected chi connectivity index (χ1v) is 4.87. The molecule has 0 N–H and O–H groups in total. The number of para-hydroxylation sites is 1. The maximum atomic E-state index is 11.2. The summed E-state index contributed by atoms with van der Waals surface area (Å²) >= 11 is 0. The fourth-order valence-corrected chi connectivity index (χ4v) is 1.84. The van der Waals surface area contributed by atoms with Crippen LogP contribution >= 0.6 is 0 Å². The van der Waals surface area contributed by atoms with Crippen molar-refractivity contribution in [2.75, 3.05) is 6.54 Å². The van der Waals surface area contributed by atoms with Crippen LogP contribution in [0.15, 0.2) is 40.9 Å². The zero-order chi connectivity index (χ0) is 10.3. The molecule has 0 aliphatic carbocycles. The van der Waals surface area contributed by atoms with Crippen molar-refractivity contribution in [3.63, 3.8) is 0 Å². The summed E-state index contributed by atoms with van der Waals surface area (Å²) < 4.78 is 5.61. The number of carbonyl (C=O) groups excluding carboxylic acids is 1. The van der Waals surface area contributed by atoms with Gasteiger partial charge in [0.05, 0.1) is 0 Å². The van der Waals surface area contributed by atoms with Crippen LogP contribution in [0, 0.1) is 0 Å². The first kappa shape index (κ1) is 8.41. The smallest absolute Gasteiger partial charge is 0.218 e. The summed E-state index contributed by atoms with van der Waals surface area (Å²) in [5, 5.41) is 0. The second-order valence-corrected chi connectivity index (χ2v) is 3.64. The first-order chi connectivity index (χ1) is 7.33. The zero-order valence-corrected chi connectivity index (χ0v) is 8.06. The highest BCUT2D eigenvalue weighted by Gasteiger charge is 2.23. The van der Waals surface area contributed by atoms with Crippen molar-refractivity contribution in [3.8, 4) is 5.75 Å². The molecule has 0 saturated carbocycles. The summed E-state index contributed by atoms with van der Waals surface area (Å²) in [6, 6.07) is 7.83. The number of dihydropyridines is 1. The van der Waals surface area contributed by atoms with Crippen molar-refractivity contribution >= 4 is 11.7 Å². The fourth-order valence-electron chi connectivity index (χ4n) is 1.84. The summed E-state index contributed by atoms with van der Waals surface area (Å²) in [5.41, 5.74) is 2.00. The lowest BCUT2D eigenvalue weighted by molar-refractivity contribution is -0.113. The third-order valence-electron chi connectivity index (χ3n) is 2.55. The second kappa shape index (κ2) is 3.05. The molecule has 2 aliphatic heterocycles. The Morgan fingerprint density at radius 1 is 1.27 bits per heavy atom. The van der Waals surface area contributed by atoms with Crippen molar-refractivity contribution in [1.82, 2.24) is 0 Å². The van der Waals surface area contributed by atoms with Crippen LogP contribution in [0.5, 0.6) is 5.75 Å². The van der Waals surface area contributed by atoms with Gasteiger partial charge >= 0.3 is 0 Å². The molecule has 74 valence electrons. The van der Waals surface area contributed by atoms with Gasteiger partial charge in [-0.3, -0.25) is 4.79 Å². The molecule has 1 aromatic carbocycles. The van der Waals surface area contributed by atoms with Crippen LogP contribution in [0.3, 0.4) is 0 Å². The highest BCUT2D eigenvalue weighted by molar-refractivity contribution is 6.08. The number of rotatable bonds is 0. The van der Waals surface area contributed by atoms with Gasteiger partial charge in [0.25, 0.3) is 0 Å². The molecule has 3 rings (SSSR count). The molecular weight excluding hydrogens is 190 g/mol. The van der Waals surface area contributed by atoms with Gasteiger partial charge in [0, 0.05) is 12.0 Å². The molecule has 0 saturated heterocycles. The van der Waals surface area contributed by atoms with Gasteiger partial charge in [-0.2, -0.15) is 0 Å². The summed E-state index contributed by atoms with van der Waals surface area (Å²) in [6.45, 7) is 0.209. The topological polar surface area (TPSA) is 38.7 Å². The Hall–Kier alpha value is -1.90. The Kier molecular flexibility index (Phi) is 1.71. The number of ketones is 1. The van der Waals surface area contributed by atoms with Crippen LogP contribution < -0.4 is 4.74 Å². The molecule has 0 spiro atoms. The van der Waals surface area contributed by atoms with Gasteiger partial charge in [-0.05, 0) is 17.7 Å². The van der Waals surface area contributed by atoms with Crippen LogP contribution in [0.1, 0.15) is 5.56 Å². The number of carbonyl (C=O) groups is 1. The number of aliphatic imine (C=N–C) groups is 1. The van der Waals surface area contributed by atoms with Crippen molar-refractivity contribution in [2.45, 2.75) is 6.42 Å². The molecule has 3 nitrogen and oxygen atoms in total. The molecule has 2 aliphatic rings. The van der Waals surface area contributed by atoms with E-state index in [0.717, 1.165) is 23.3 Å². The maximum absolute atomic E-state index is 11.2. The number of hydrogen-bond donors (Lipinski definition) is 0. The van der Waals surface area contributed by atoms with E-state index in [4.69, 9.17) is 4.74 Å². The zero-order valence-electron chi connectivity index (χ0n) is 8.06. The lowest BCUT2D eigenvalue weighted by Gasteiger charge is -2.22. The predicted molar refractivity (Wildman–Crippen MR) is 56.2 cm³/mol. The third-order valence-corrected chi connectivity index (χ3v) is 2.55. The third kappa shape index (κ3) is 1.36. The highest BCUT2D eigenvalue weighted by Crippen LogP contribution is 2.28. The largest absolute Gasteiger partial charge is 0.439 e. The van der Waals surface area contributed by atoms with Crippen LogP contribution in [0.4, 0.5) is 0 Å². The Bertz CT molecular complexity index is 500. The van der Waals surface area contributed by atoms with E-state index in [1.165, 1.54) is 0 Å². The van der Waals surface area contributed by atoms with Gasteiger partial charge < -0.3 is 4.74 Å². The summed E-state index contributed by atoms with van der Waals surface area (Å²) in [5.74, 6) is 1.51. The maximum Gasteiger partial charge on any atom is 0.218 e. The van der Waals surface area contributed by atoms with E-state index >= 15 is 0 Å². The molecule has 1 aromatic rings. The van der Waals surface area contributed by atoms with E-state index in [1.54, 1.807) is 6.08 Å². The number of benzene rings is 1. The molecule has 0 bridgehead atoms. The van der Waals surface area contributed by atoms with Crippen LogP contribution in [0.2, 0.25) is 0 Å². The van der Waals surface area contributed by atoms with Gasteiger partial charge in [0.15, 0.2) is 5.78 Å². The number of nitrogens with zero attached hydrogens (tertiary/aromatic N) is 1. The lowest BCUT2D eigenvalue weighted by Crippen LogP contribution is -2.25. The van der Waals surface area contributed by atoms with Crippen LogP contribution in [0.25, 0.3) is 0 Å². The number of ether oxygens (including phenoxy) is 1. The quantitative estimate of drug-likeness (QED) is 0.635. The monoisotopic (exact) mass is 199 g/mol. The Balaban J connectivity index is 2.07. The average molecular weight is 199 g/mol. The first-order valence-electron chi connectivity index (χ1n) is 4.87. The number of hydrogen-bond acceptors (Lipinski definition) is 3.